The molecule has 0 aromatic heterocycles. The zero-order valence-corrected chi connectivity index (χ0v) is 13.4. The van der Waals surface area contributed by atoms with Crippen molar-refractivity contribution in [1.82, 2.24) is 4.72 Å². The van der Waals surface area contributed by atoms with Gasteiger partial charge >= 0.3 is 0 Å². The number of thiocarbonyl (C=S) groups is 1. The van der Waals surface area contributed by atoms with Gasteiger partial charge in [-0.2, -0.15) is 0 Å². The highest BCUT2D eigenvalue weighted by Crippen LogP contribution is 2.27. The quantitative estimate of drug-likeness (QED) is 0.805. The third kappa shape index (κ3) is 3.53. The minimum absolute atomic E-state index is 0.0445. The molecule has 7 heteroatoms. The first kappa shape index (κ1) is 14.9. The van der Waals surface area contributed by atoms with Crippen LogP contribution >= 0.6 is 28.1 Å². The molecule has 3 N–H and O–H groups in total. The Labute approximate surface area is 126 Å². The maximum atomic E-state index is 12.3. The van der Waals surface area contributed by atoms with Crippen molar-refractivity contribution in [3.63, 3.8) is 0 Å². The Morgan fingerprint density at radius 1 is 1.42 bits per heavy atom. The summed E-state index contributed by atoms with van der Waals surface area (Å²) in [7, 11) is -3.53. The lowest BCUT2D eigenvalue weighted by molar-refractivity contribution is 0.525. The zero-order chi connectivity index (χ0) is 14.0. The van der Waals surface area contributed by atoms with E-state index in [1.165, 1.54) is 0 Å². The number of halogens is 1. The van der Waals surface area contributed by atoms with Crippen molar-refractivity contribution in [2.45, 2.75) is 30.2 Å². The van der Waals surface area contributed by atoms with Crippen LogP contribution in [-0.4, -0.2) is 19.4 Å². The highest BCUT2D eigenvalue weighted by atomic mass is 79.9. The molecule has 1 aliphatic carbocycles. The van der Waals surface area contributed by atoms with Crippen molar-refractivity contribution in [2.24, 2.45) is 11.7 Å². The van der Waals surface area contributed by atoms with Crippen LogP contribution in [0, 0.1) is 5.92 Å². The van der Waals surface area contributed by atoms with Gasteiger partial charge in [-0.05, 0) is 31.0 Å². The molecule has 0 radical (unpaired) electrons. The van der Waals surface area contributed by atoms with E-state index in [-0.39, 0.29) is 16.9 Å². The molecule has 0 aliphatic heterocycles. The van der Waals surface area contributed by atoms with E-state index in [0.717, 1.165) is 23.7 Å². The average Bonchev–Trinajstić information content (AvgIpc) is 2.76. The molecule has 4 nitrogen and oxygen atoms in total. The molecule has 1 aliphatic rings. The molecular weight excluding hydrogens is 348 g/mol. The van der Waals surface area contributed by atoms with Crippen molar-refractivity contribution >= 4 is 43.2 Å². The predicted molar refractivity (Wildman–Crippen MR) is 82.4 cm³/mol. The summed E-state index contributed by atoms with van der Waals surface area (Å²) in [5, 5.41) is 0. The van der Waals surface area contributed by atoms with Crippen molar-refractivity contribution in [1.29, 1.82) is 0 Å². The summed E-state index contributed by atoms with van der Waals surface area (Å²) in [5.74, 6) is -0.0445. The lowest BCUT2D eigenvalue weighted by Crippen LogP contribution is -2.41. The van der Waals surface area contributed by atoms with Crippen LogP contribution in [0.25, 0.3) is 0 Å². The highest BCUT2D eigenvalue weighted by molar-refractivity contribution is 9.10. The molecule has 2 atom stereocenters. The Hall–Kier alpha value is -0.500. The van der Waals surface area contributed by atoms with Gasteiger partial charge in [-0.1, -0.05) is 40.6 Å². The van der Waals surface area contributed by atoms with Gasteiger partial charge in [0.15, 0.2) is 0 Å². The topological polar surface area (TPSA) is 72.2 Å². The smallest absolute Gasteiger partial charge is 0.240 e. The Balaban J connectivity index is 2.20. The molecule has 0 bridgehead atoms. The Kier molecular flexibility index (Phi) is 4.60. The number of nitrogens with two attached hydrogens (primary N) is 1. The van der Waals surface area contributed by atoms with E-state index in [9.17, 15) is 8.42 Å². The minimum atomic E-state index is -3.53. The maximum absolute atomic E-state index is 12.3. The molecule has 1 aromatic rings. The van der Waals surface area contributed by atoms with Crippen LogP contribution in [0.4, 0.5) is 0 Å². The number of hydrogen-bond acceptors (Lipinski definition) is 3. The van der Waals surface area contributed by atoms with E-state index < -0.39 is 10.0 Å². The molecular formula is C12H15BrN2O2S2. The molecule has 1 saturated carbocycles. The van der Waals surface area contributed by atoms with E-state index in [1.807, 2.05) is 0 Å². The summed E-state index contributed by atoms with van der Waals surface area (Å²) in [4.78, 5) is 0.634. The fourth-order valence-electron chi connectivity index (χ4n) is 2.34. The van der Waals surface area contributed by atoms with Crippen LogP contribution < -0.4 is 10.5 Å². The first-order valence-corrected chi connectivity index (χ1v) is 8.66. The molecule has 0 spiro atoms. The predicted octanol–water partition coefficient (Wildman–Crippen LogP) is 2.18. The zero-order valence-electron chi connectivity index (χ0n) is 10.2. The monoisotopic (exact) mass is 362 g/mol. The lowest BCUT2D eigenvalue weighted by atomic mass is 10.1. The summed E-state index contributed by atoms with van der Waals surface area (Å²) in [5.41, 5.74) is 5.66. The third-order valence-electron chi connectivity index (χ3n) is 3.29. The second-order valence-corrected chi connectivity index (χ2v) is 7.73. The second kappa shape index (κ2) is 5.87. The normalized spacial score (nSPS) is 23.4. The SMILES string of the molecule is NC(=S)C1CCCC1NS(=O)(=O)c1cccc(Br)c1. The fourth-order valence-corrected chi connectivity index (χ4v) is 4.53. The van der Waals surface area contributed by atoms with Crippen LogP contribution in [0.1, 0.15) is 19.3 Å². The third-order valence-corrected chi connectivity index (χ3v) is 5.58. The van der Waals surface area contributed by atoms with Crippen molar-refractivity contribution < 1.29 is 8.42 Å². The van der Waals surface area contributed by atoms with Crippen molar-refractivity contribution in [2.75, 3.05) is 0 Å². The summed E-state index contributed by atoms with van der Waals surface area (Å²) in [6, 6.07) is 6.43. The molecule has 2 unspecified atom stereocenters. The molecule has 2 rings (SSSR count). The first-order valence-electron chi connectivity index (χ1n) is 5.97. The van der Waals surface area contributed by atoms with E-state index >= 15 is 0 Å². The van der Waals surface area contributed by atoms with Gasteiger partial charge in [0.05, 0.1) is 9.88 Å². The van der Waals surface area contributed by atoms with Gasteiger partial charge in [-0.25, -0.2) is 13.1 Å². The van der Waals surface area contributed by atoms with Crippen LogP contribution in [0.2, 0.25) is 0 Å². The van der Waals surface area contributed by atoms with Gasteiger partial charge in [0.2, 0.25) is 10.0 Å². The molecule has 19 heavy (non-hydrogen) atoms. The van der Waals surface area contributed by atoms with Crippen LogP contribution in [0.5, 0.6) is 0 Å². The Morgan fingerprint density at radius 2 is 2.16 bits per heavy atom. The Morgan fingerprint density at radius 3 is 2.79 bits per heavy atom. The second-order valence-electron chi connectivity index (χ2n) is 4.62. The lowest BCUT2D eigenvalue weighted by Gasteiger charge is -2.19. The molecule has 1 fully saturated rings. The maximum Gasteiger partial charge on any atom is 0.240 e. The number of nitrogens with one attached hydrogen (secondary N) is 1. The molecule has 0 heterocycles. The molecule has 0 saturated heterocycles. The van der Waals surface area contributed by atoms with Gasteiger partial charge in [-0.3, -0.25) is 0 Å². The number of benzene rings is 1. The van der Waals surface area contributed by atoms with E-state index in [0.29, 0.717) is 4.99 Å². The number of sulfonamides is 1. The Bertz CT molecular complexity index is 589. The van der Waals surface area contributed by atoms with Gasteiger partial charge in [0, 0.05) is 16.4 Å². The van der Waals surface area contributed by atoms with Crippen LogP contribution in [0.3, 0.4) is 0 Å². The highest BCUT2D eigenvalue weighted by Gasteiger charge is 2.32. The number of rotatable bonds is 4. The van der Waals surface area contributed by atoms with E-state index in [1.54, 1.807) is 24.3 Å². The van der Waals surface area contributed by atoms with E-state index in [4.69, 9.17) is 18.0 Å². The summed E-state index contributed by atoms with van der Waals surface area (Å²) < 4.78 is 28.0. The number of hydrogen-bond donors (Lipinski definition) is 2. The fraction of sp³-hybridized carbons (Fsp3) is 0.417. The summed E-state index contributed by atoms with van der Waals surface area (Å²) >= 11 is 8.26. The molecule has 0 amide bonds. The van der Waals surface area contributed by atoms with E-state index in [2.05, 4.69) is 20.7 Å². The van der Waals surface area contributed by atoms with Crippen LogP contribution in [-0.2, 0) is 10.0 Å². The van der Waals surface area contributed by atoms with Crippen molar-refractivity contribution in [3.8, 4) is 0 Å². The summed E-state index contributed by atoms with van der Waals surface area (Å²) in [6.45, 7) is 0. The molecule has 104 valence electrons. The van der Waals surface area contributed by atoms with Gasteiger partial charge in [0.25, 0.3) is 0 Å². The van der Waals surface area contributed by atoms with Crippen LogP contribution in [0.15, 0.2) is 33.6 Å². The van der Waals surface area contributed by atoms with Gasteiger partial charge in [-0.15, -0.1) is 0 Å². The minimum Gasteiger partial charge on any atom is -0.393 e. The van der Waals surface area contributed by atoms with Gasteiger partial charge < -0.3 is 5.73 Å². The summed E-state index contributed by atoms with van der Waals surface area (Å²) in [6.07, 6.45) is 2.56. The van der Waals surface area contributed by atoms with Gasteiger partial charge in [0.1, 0.15) is 0 Å². The van der Waals surface area contributed by atoms with Crippen molar-refractivity contribution in [3.05, 3.63) is 28.7 Å². The molecule has 1 aromatic carbocycles. The largest absolute Gasteiger partial charge is 0.393 e. The average molecular weight is 363 g/mol. The standard InChI is InChI=1S/C12H15BrN2O2S2/c13-8-3-1-4-9(7-8)19(16,17)15-11-6-2-5-10(11)12(14)18/h1,3-4,7,10-11,15H,2,5-6H2,(H2,14,18). The first-order chi connectivity index (χ1) is 8.90.